The van der Waals surface area contributed by atoms with Crippen LogP contribution in [0.2, 0.25) is 0 Å². The van der Waals surface area contributed by atoms with Gasteiger partial charge in [-0.2, -0.15) is 4.98 Å². The number of anilines is 1. The van der Waals surface area contributed by atoms with E-state index in [1.165, 1.54) is 55.2 Å². The Hall–Kier alpha value is -2.18. The zero-order chi connectivity index (χ0) is 19.5. The molecular weight excluding hydrogens is 350 g/mol. The Labute approximate surface area is 166 Å². The van der Waals surface area contributed by atoms with Crippen molar-refractivity contribution in [1.82, 2.24) is 19.8 Å². The molecule has 0 atom stereocenters. The molecule has 4 rings (SSSR count). The lowest BCUT2D eigenvalue weighted by molar-refractivity contribution is 0.131. The minimum Gasteiger partial charge on any atom is -0.383 e. The van der Waals surface area contributed by atoms with Gasteiger partial charge < -0.3 is 11.1 Å². The van der Waals surface area contributed by atoms with Gasteiger partial charge >= 0.3 is 5.69 Å². The zero-order valence-electron chi connectivity index (χ0n) is 16.7. The Kier molecular flexibility index (Phi) is 5.78. The van der Waals surface area contributed by atoms with Crippen LogP contribution in [0.5, 0.6) is 0 Å². The molecule has 1 aromatic carbocycles. The number of hydrogen-bond donors (Lipinski definition) is 2. The fraction of sp³-hybridized carbons (Fsp3) is 0.545. The third-order valence-electron chi connectivity index (χ3n) is 6.24. The van der Waals surface area contributed by atoms with Gasteiger partial charge in [0.15, 0.2) is 0 Å². The number of nitrogen functional groups attached to an aromatic ring is 1. The summed E-state index contributed by atoms with van der Waals surface area (Å²) in [5.41, 5.74) is 7.37. The average Bonchev–Trinajstić information content (AvgIpc) is 3.53. The van der Waals surface area contributed by atoms with Crippen LogP contribution in [0, 0.1) is 5.92 Å². The summed E-state index contributed by atoms with van der Waals surface area (Å²) >= 11 is 0. The van der Waals surface area contributed by atoms with Crippen LogP contribution >= 0.6 is 0 Å². The third-order valence-corrected chi connectivity index (χ3v) is 6.24. The fourth-order valence-corrected chi connectivity index (χ4v) is 4.31. The van der Waals surface area contributed by atoms with Crippen molar-refractivity contribution in [2.24, 2.45) is 5.92 Å². The molecule has 1 aromatic heterocycles. The maximum atomic E-state index is 12.0. The molecule has 6 nitrogen and oxygen atoms in total. The Morgan fingerprint density at radius 3 is 2.43 bits per heavy atom. The van der Waals surface area contributed by atoms with Crippen LogP contribution in [0.1, 0.15) is 44.1 Å². The molecule has 3 N–H and O–H groups in total. The standard InChI is InChI=1S/C22H31N5O/c1-24-18-6-10-19(11-7-18)26(14-16-2-3-16)15-17-4-8-20(9-5-17)27-13-12-21(23)25-22(27)28/h4-5,8-9,12-13,16,18-19,24H,2-3,6-7,10-11,14-15H2,1H3,(H2,23,25,28). The SMILES string of the molecule is CNC1CCC(N(Cc2ccc(-n3ccc(N)nc3=O)cc2)CC2CC2)CC1. The molecule has 28 heavy (non-hydrogen) atoms. The second-order valence-corrected chi connectivity index (χ2v) is 8.34. The molecule has 6 heteroatoms. The molecule has 2 aliphatic rings. The van der Waals surface area contributed by atoms with Crippen molar-refractivity contribution in [1.29, 1.82) is 0 Å². The van der Waals surface area contributed by atoms with Gasteiger partial charge in [0, 0.05) is 31.4 Å². The Balaban J connectivity index is 1.45. The fourth-order valence-electron chi connectivity index (χ4n) is 4.31. The van der Waals surface area contributed by atoms with E-state index in [2.05, 4.69) is 34.4 Å². The van der Waals surface area contributed by atoms with Gasteiger partial charge in [-0.1, -0.05) is 12.1 Å². The molecule has 0 radical (unpaired) electrons. The molecule has 0 unspecified atom stereocenters. The predicted octanol–water partition coefficient (Wildman–Crippen LogP) is 2.56. The topological polar surface area (TPSA) is 76.2 Å². The van der Waals surface area contributed by atoms with Gasteiger partial charge in [-0.3, -0.25) is 9.47 Å². The summed E-state index contributed by atoms with van der Waals surface area (Å²) in [7, 11) is 2.08. The molecule has 1 heterocycles. The predicted molar refractivity (Wildman–Crippen MR) is 112 cm³/mol. The first kappa shape index (κ1) is 19.2. The summed E-state index contributed by atoms with van der Waals surface area (Å²) < 4.78 is 1.53. The lowest BCUT2D eigenvalue weighted by Crippen LogP contribution is -2.42. The van der Waals surface area contributed by atoms with Gasteiger partial charge in [-0.15, -0.1) is 0 Å². The molecule has 2 fully saturated rings. The Morgan fingerprint density at radius 1 is 1.11 bits per heavy atom. The molecule has 2 aliphatic carbocycles. The van der Waals surface area contributed by atoms with Crippen LogP contribution in [-0.2, 0) is 6.54 Å². The lowest BCUT2D eigenvalue weighted by Gasteiger charge is -2.37. The van der Waals surface area contributed by atoms with E-state index in [4.69, 9.17) is 5.73 Å². The van der Waals surface area contributed by atoms with E-state index in [0.717, 1.165) is 18.2 Å². The number of aromatic nitrogens is 2. The molecule has 2 aromatic rings. The van der Waals surface area contributed by atoms with Gasteiger partial charge in [0.25, 0.3) is 0 Å². The lowest BCUT2D eigenvalue weighted by atomic mass is 9.90. The van der Waals surface area contributed by atoms with Gasteiger partial charge in [0.2, 0.25) is 0 Å². The number of nitrogens with two attached hydrogens (primary N) is 1. The van der Waals surface area contributed by atoms with Crippen molar-refractivity contribution in [3.8, 4) is 5.69 Å². The van der Waals surface area contributed by atoms with E-state index in [1.54, 1.807) is 12.3 Å². The zero-order valence-corrected chi connectivity index (χ0v) is 16.7. The van der Waals surface area contributed by atoms with E-state index in [1.807, 2.05) is 12.1 Å². The smallest absolute Gasteiger partial charge is 0.354 e. The molecule has 0 spiro atoms. The highest BCUT2D eigenvalue weighted by Gasteiger charge is 2.30. The minimum absolute atomic E-state index is 0.251. The summed E-state index contributed by atoms with van der Waals surface area (Å²) in [4.78, 5) is 18.6. The molecule has 0 amide bonds. The number of nitrogens with zero attached hydrogens (tertiary/aromatic N) is 3. The summed E-state index contributed by atoms with van der Waals surface area (Å²) in [6.45, 7) is 2.21. The van der Waals surface area contributed by atoms with Crippen molar-refractivity contribution >= 4 is 5.82 Å². The summed E-state index contributed by atoms with van der Waals surface area (Å²) in [5.74, 6) is 1.14. The maximum Gasteiger partial charge on any atom is 0.354 e. The first-order valence-electron chi connectivity index (χ1n) is 10.5. The number of nitrogens with one attached hydrogen (secondary N) is 1. The largest absolute Gasteiger partial charge is 0.383 e. The highest BCUT2D eigenvalue weighted by molar-refractivity contribution is 5.36. The van der Waals surface area contributed by atoms with Crippen molar-refractivity contribution < 1.29 is 0 Å². The molecule has 0 saturated heterocycles. The Morgan fingerprint density at radius 2 is 1.82 bits per heavy atom. The Bertz CT molecular complexity index is 835. The molecular formula is C22H31N5O. The second-order valence-electron chi connectivity index (χ2n) is 8.34. The number of rotatable bonds is 7. The molecule has 2 saturated carbocycles. The van der Waals surface area contributed by atoms with Crippen LogP contribution in [0.25, 0.3) is 5.69 Å². The number of benzene rings is 1. The van der Waals surface area contributed by atoms with Crippen LogP contribution in [0.15, 0.2) is 41.3 Å². The van der Waals surface area contributed by atoms with E-state index in [0.29, 0.717) is 12.1 Å². The van der Waals surface area contributed by atoms with Crippen LogP contribution < -0.4 is 16.7 Å². The second kappa shape index (κ2) is 8.45. The van der Waals surface area contributed by atoms with Gasteiger partial charge in [0.05, 0.1) is 5.69 Å². The highest BCUT2D eigenvalue weighted by Crippen LogP contribution is 2.33. The highest BCUT2D eigenvalue weighted by atomic mass is 16.1. The number of hydrogen-bond acceptors (Lipinski definition) is 5. The van der Waals surface area contributed by atoms with E-state index < -0.39 is 0 Å². The summed E-state index contributed by atoms with van der Waals surface area (Å²) in [6, 6.07) is 11.3. The maximum absolute atomic E-state index is 12.0. The van der Waals surface area contributed by atoms with Gasteiger partial charge in [-0.25, -0.2) is 4.79 Å². The van der Waals surface area contributed by atoms with Crippen LogP contribution in [-0.4, -0.2) is 40.1 Å². The van der Waals surface area contributed by atoms with E-state index >= 15 is 0 Å². The van der Waals surface area contributed by atoms with Crippen molar-refractivity contribution in [2.75, 3.05) is 19.3 Å². The summed E-state index contributed by atoms with van der Waals surface area (Å²) in [5, 5.41) is 3.44. The van der Waals surface area contributed by atoms with E-state index in [-0.39, 0.29) is 11.5 Å². The first-order chi connectivity index (χ1) is 13.6. The minimum atomic E-state index is -0.343. The van der Waals surface area contributed by atoms with Gasteiger partial charge in [-0.05, 0) is 75.3 Å². The van der Waals surface area contributed by atoms with Crippen LogP contribution in [0.4, 0.5) is 5.82 Å². The van der Waals surface area contributed by atoms with Crippen molar-refractivity contribution in [3.63, 3.8) is 0 Å². The molecule has 150 valence electrons. The first-order valence-corrected chi connectivity index (χ1v) is 10.5. The van der Waals surface area contributed by atoms with Crippen molar-refractivity contribution in [2.45, 2.75) is 57.2 Å². The van der Waals surface area contributed by atoms with Crippen LogP contribution in [0.3, 0.4) is 0 Å². The average molecular weight is 382 g/mol. The normalized spacial score (nSPS) is 22.5. The van der Waals surface area contributed by atoms with E-state index in [9.17, 15) is 4.79 Å². The monoisotopic (exact) mass is 381 g/mol. The molecule has 0 aliphatic heterocycles. The molecule has 0 bridgehead atoms. The third kappa shape index (κ3) is 4.62. The van der Waals surface area contributed by atoms with Gasteiger partial charge in [0.1, 0.15) is 5.82 Å². The van der Waals surface area contributed by atoms with Crippen molar-refractivity contribution in [3.05, 3.63) is 52.6 Å². The quantitative estimate of drug-likeness (QED) is 0.771. The summed E-state index contributed by atoms with van der Waals surface area (Å²) in [6.07, 6.45) is 9.55.